The molecule has 222 valence electrons. The summed E-state index contributed by atoms with van der Waals surface area (Å²) in [5.41, 5.74) is 11.2. The van der Waals surface area contributed by atoms with Gasteiger partial charge in [-0.1, -0.05) is 158 Å². The molecule has 0 N–H and O–H groups in total. The molecule has 8 aromatic carbocycles. The van der Waals surface area contributed by atoms with Gasteiger partial charge in [-0.15, -0.1) is 0 Å². The molecule has 0 saturated heterocycles. The van der Waals surface area contributed by atoms with Crippen molar-refractivity contribution in [2.75, 3.05) is 0 Å². The van der Waals surface area contributed by atoms with E-state index in [9.17, 15) is 0 Å². The van der Waals surface area contributed by atoms with Crippen molar-refractivity contribution in [1.82, 2.24) is 19.9 Å². The molecular weight excluding hydrogens is 585 g/mol. The number of nitrogens with zero attached hydrogens (tertiary/aromatic N) is 4. The van der Waals surface area contributed by atoms with E-state index in [4.69, 9.17) is 19.9 Å². The van der Waals surface area contributed by atoms with Gasteiger partial charge in [-0.05, 0) is 0 Å². The predicted octanol–water partition coefficient (Wildman–Crippen LogP) is 11.1. The largest absolute Gasteiger partial charge is 0.243 e. The number of fused-ring (bicyclic) bond motifs is 6. The summed E-state index contributed by atoms with van der Waals surface area (Å²) >= 11 is 0. The first-order valence-electron chi connectivity index (χ1n) is 16.2. The molecule has 2 aromatic heterocycles. The first-order chi connectivity index (χ1) is 23.8. The highest BCUT2D eigenvalue weighted by Gasteiger charge is 2.23. The van der Waals surface area contributed by atoms with E-state index in [1.165, 1.54) is 0 Å². The minimum Gasteiger partial charge on any atom is -0.243 e. The highest BCUT2D eigenvalue weighted by Crippen LogP contribution is 2.45. The van der Waals surface area contributed by atoms with Crippen molar-refractivity contribution in [1.29, 1.82) is 0 Å². The summed E-state index contributed by atoms with van der Waals surface area (Å²) in [6.45, 7) is 0. The Morgan fingerprint density at radius 2 is 0.458 bits per heavy atom. The standard InChI is InChI=1S/C44H26N4/c1-5-15-27(16-6-1)37-38(28-17-7-2-8-18-28)46-42-32-24-14-26-34-36(32)35-31(41(42)45-37)23-13-25-33(35)43-44(34)48-40(30-21-11-4-12-22-30)39(47-43)29-19-9-3-10-20-29/h1-26H. The second-order valence-electron chi connectivity index (χ2n) is 12.2. The first-order valence-corrected chi connectivity index (χ1v) is 16.2. The van der Waals surface area contributed by atoms with E-state index in [1.807, 2.05) is 24.3 Å². The van der Waals surface area contributed by atoms with Crippen LogP contribution in [0.5, 0.6) is 0 Å². The number of rotatable bonds is 4. The Morgan fingerprint density at radius 1 is 0.229 bits per heavy atom. The van der Waals surface area contributed by atoms with Crippen LogP contribution in [0.3, 0.4) is 0 Å². The normalized spacial score (nSPS) is 11.8. The van der Waals surface area contributed by atoms with E-state index in [0.29, 0.717) is 0 Å². The molecule has 10 aromatic rings. The Balaban J connectivity index is 1.39. The van der Waals surface area contributed by atoms with Crippen LogP contribution in [-0.4, -0.2) is 19.9 Å². The van der Waals surface area contributed by atoms with E-state index in [0.717, 1.165) is 99.4 Å². The molecule has 0 aliphatic heterocycles. The van der Waals surface area contributed by atoms with E-state index < -0.39 is 0 Å². The van der Waals surface area contributed by atoms with Crippen LogP contribution in [0.2, 0.25) is 0 Å². The molecule has 0 bridgehead atoms. The summed E-state index contributed by atoms with van der Waals surface area (Å²) in [5.74, 6) is 0. The van der Waals surface area contributed by atoms with Gasteiger partial charge in [-0.25, -0.2) is 19.9 Å². The lowest BCUT2D eigenvalue weighted by atomic mass is 9.90. The monoisotopic (exact) mass is 610 g/mol. The minimum atomic E-state index is 0.868. The topological polar surface area (TPSA) is 51.6 Å². The van der Waals surface area contributed by atoms with Crippen molar-refractivity contribution in [3.63, 3.8) is 0 Å². The molecule has 0 saturated carbocycles. The van der Waals surface area contributed by atoms with Crippen LogP contribution in [0, 0.1) is 0 Å². The molecule has 2 heterocycles. The smallest absolute Gasteiger partial charge is 0.0980 e. The molecular formula is C44H26N4. The number of hydrogen-bond acceptors (Lipinski definition) is 4. The van der Waals surface area contributed by atoms with Crippen molar-refractivity contribution >= 4 is 54.4 Å². The summed E-state index contributed by atoms with van der Waals surface area (Å²) < 4.78 is 0. The summed E-state index contributed by atoms with van der Waals surface area (Å²) in [4.78, 5) is 21.9. The summed E-state index contributed by atoms with van der Waals surface area (Å²) in [6.07, 6.45) is 0. The summed E-state index contributed by atoms with van der Waals surface area (Å²) in [5, 5.41) is 6.54. The van der Waals surface area contributed by atoms with Gasteiger partial charge in [0.25, 0.3) is 0 Å². The van der Waals surface area contributed by atoms with E-state index in [1.54, 1.807) is 0 Å². The molecule has 0 spiro atoms. The van der Waals surface area contributed by atoms with Crippen molar-refractivity contribution < 1.29 is 0 Å². The maximum Gasteiger partial charge on any atom is 0.0980 e. The van der Waals surface area contributed by atoms with Gasteiger partial charge in [0, 0.05) is 54.6 Å². The highest BCUT2D eigenvalue weighted by molar-refractivity contribution is 6.38. The Labute approximate surface area is 276 Å². The highest BCUT2D eigenvalue weighted by atomic mass is 14.9. The maximum absolute atomic E-state index is 5.47. The summed E-state index contributed by atoms with van der Waals surface area (Å²) in [7, 11) is 0. The van der Waals surface area contributed by atoms with Gasteiger partial charge in [0.2, 0.25) is 0 Å². The second kappa shape index (κ2) is 10.5. The fraction of sp³-hybridized carbons (Fsp3) is 0. The molecule has 0 unspecified atom stereocenters. The average molecular weight is 611 g/mol. The van der Waals surface area contributed by atoms with Gasteiger partial charge in [-0.3, -0.25) is 0 Å². The molecule has 10 rings (SSSR count). The molecule has 4 heteroatoms. The van der Waals surface area contributed by atoms with Crippen LogP contribution in [0.1, 0.15) is 0 Å². The zero-order valence-corrected chi connectivity index (χ0v) is 25.8. The van der Waals surface area contributed by atoms with Crippen molar-refractivity contribution in [3.05, 3.63) is 158 Å². The van der Waals surface area contributed by atoms with Crippen LogP contribution >= 0.6 is 0 Å². The molecule has 0 fully saturated rings. The molecule has 0 aliphatic rings. The van der Waals surface area contributed by atoms with Crippen molar-refractivity contribution in [2.24, 2.45) is 0 Å². The lowest BCUT2D eigenvalue weighted by molar-refractivity contribution is 1.30. The predicted molar refractivity (Wildman–Crippen MR) is 198 cm³/mol. The van der Waals surface area contributed by atoms with Crippen LogP contribution in [0.15, 0.2) is 158 Å². The molecule has 0 radical (unpaired) electrons. The molecule has 0 aliphatic carbocycles. The summed E-state index contributed by atoms with van der Waals surface area (Å²) in [6, 6.07) is 54.4. The van der Waals surface area contributed by atoms with E-state index in [2.05, 4.69) is 133 Å². The van der Waals surface area contributed by atoms with Gasteiger partial charge < -0.3 is 0 Å². The third-order valence-electron chi connectivity index (χ3n) is 9.38. The fourth-order valence-electron chi connectivity index (χ4n) is 7.24. The molecule has 0 atom stereocenters. The van der Waals surface area contributed by atoms with Crippen LogP contribution in [-0.2, 0) is 0 Å². The van der Waals surface area contributed by atoms with E-state index in [-0.39, 0.29) is 0 Å². The van der Waals surface area contributed by atoms with Gasteiger partial charge in [-0.2, -0.15) is 0 Å². The Hall–Kier alpha value is -6.52. The van der Waals surface area contributed by atoms with Crippen LogP contribution in [0.25, 0.3) is 99.4 Å². The number of aromatic nitrogens is 4. The molecule has 4 nitrogen and oxygen atoms in total. The quantitative estimate of drug-likeness (QED) is 0.147. The van der Waals surface area contributed by atoms with Crippen LogP contribution in [0.4, 0.5) is 0 Å². The third kappa shape index (κ3) is 3.96. The average Bonchev–Trinajstić information content (AvgIpc) is 3.18. The van der Waals surface area contributed by atoms with Gasteiger partial charge >= 0.3 is 0 Å². The van der Waals surface area contributed by atoms with Gasteiger partial charge in [0.1, 0.15) is 0 Å². The van der Waals surface area contributed by atoms with Crippen LogP contribution < -0.4 is 0 Å². The fourth-order valence-corrected chi connectivity index (χ4v) is 7.24. The van der Waals surface area contributed by atoms with Gasteiger partial charge in [0.05, 0.1) is 44.8 Å². The third-order valence-corrected chi connectivity index (χ3v) is 9.38. The first kappa shape index (κ1) is 26.7. The number of benzene rings is 8. The zero-order chi connectivity index (χ0) is 31.6. The lowest BCUT2D eigenvalue weighted by Crippen LogP contribution is -2.00. The molecule has 0 amide bonds. The zero-order valence-electron chi connectivity index (χ0n) is 25.8. The Bertz CT molecular complexity index is 2420. The second-order valence-corrected chi connectivity index (χ2v) is 12.2. The van der Waals surface area contributed by atoms with Crippen molar-refractivity contribution in [2.45, 2.75) is 0 Å². The Kier molecular flexibility index (Phi) is 5.84. The van der Waals surface area contributed by atoms with Crippen molar-refractivity contribution in [3.8, 4) is 45.0 Å². The molecule has 48 heavy (non-hydrogen) atoms. The maximum atomic E-state index is 5.47. The SMILES string of the molecule is c1ccc(-c2nc3c4cccc5c6nc(-c7ccccc7)c(-c7ccccc7)nc6c6cccc(c3nc2-c2ccccc2)c6c45)cc1. The van der Waals surface area contributed by atoms with Gasteiger partial charge in [0.15, 0.2) is 0 Å². The minimum absolute atomic E-state index is 0.868. The lowest BCUT2D eigenvalue weighted by Gasteiger charge is -2.19. The van der Waals surface area contributed by atoms with E-state index >= 15 is 0 Å². The Morgan fingerprint density at radius 3 is 0.688 bits per heavy atom. The number of hydrogen-bond donors (Lipinski definition) is 0.